The Morgan fingerprint density at radius 3 is 2.16 bits per heavy atom. The molecule has 0 aliphatic heterocycles. The maximum atomic E-state index is 13.7. The second-order valence-corrected chi connectivity index (χ2v) is 15.6. The summed E-state index contributed by atoms with van der Waals surface area (Å²) in [4.78, 5) is 43.9. The number of amides is 2. The van der Waals surface area contributed by atoms with E-state index in [2.05, 4.69) is 37.9 Å². The number of nitrogens with one attached hydrogen (secondary N) is 2. The number of alkyl halides is 1. The van der Waals surface area contributed by atoms with E-state index in [1.54, 1.807) is 24.3 Å². The van der Waals surface area contributed by atoms with Crippen molar-refractivity contribution in [3.8, 4) is 11.4 Å². The molecule has 0 fully saturated rings. The number of halogens is 3. The summed E-state index contributed by atoms with van der Waals surface area (Å²) in [5.74, 6) is -1.41. The zero-order chi connectivity index (χ0) is 36.3. The standard InChI is InChI=1S/C36H41BrCl2N4O6S/c1-3-4-5-6-7-8-9-10-11-14-19-50(47,48)42-34(44)24-17-18-31(49-2)30(20-24)41-35(45)32(37)33-40-29-16-13-12-15-28(29)36(46)43(33)27-22-25(38)21-26(39)23-27/h12-13,15-18,20-23,32H,3-11,14,19H2,1-2H3,(H,41,45)(H,42,44). The van der Waals surface area contributed by atoms with Crippen molar-refractivity contribution in [3.63, 3.8) is 0 Å². The lowest BCUT2D eigenvalue weighted by molar-refractivity contribution is -0.115. The van der Waals surface area contributed by atoms with Crippen molar-refractivity contribution in [3.05, 3.63) is 92.5 Å². The topological polar surface area (TPSA) is 136 Å². The van der Waals surface area contributed by atoms with Gasteiger partial charge in [0.15, 0.2) is 4.83 Å². The number of ether oxygens (including phenoxy) is 1. The highest BCUT2D eigenvalue weighted by molar-refractivity contribution is 9.09. The molecule has 4 rings (SSSR count). The minimum atomic E-state index is -3.88. The first kappa shape index (κ1) is 39.3. The Balaban J connectivity index is 1.47. The smallest absolute Gasteiger partial charge is 0.266 e. The molecule has 0 spiro atoms. The fourth-order valence-electron chi connectivity index (χ4n) is 5.53. The molecule has 0 saturated carbocycles. The average Bonchev–Trinajstić information content (AvgIpc) is 3.08. The van der Waals surface area contributed by atoms with Gasteiger partial charge in [-0.05, 0) is 55.0 Å². The Morgan fingerprint density at radius 1 is 0.900 bits per heavy atom. The first-order valence-electron chi connectivity index (χ1n) is 16.6. The number of hydrogen-bond donors (Lipinski definition) is 2. The third kappa shape index (κ3) is 10.8. The molecule has 1 aromatic heterocycles. The Labute approximate surface area is 311 Å². The molecule has 2 N–H and O–H groups in total. The summed E-state index contributed by atoms with van der Waals surface area (Å²) in [6.07, 6.45) is 10.6. The number of carbonyl (C=O) groups excluding carboxylic acids is 2. The van der Waals surface area contributed by atoms with E-state index < -0.39 is 32.2 Å². The minimum absolute atomic E-state index is 0.00632. The van der Waals surface area contributed by atoms with Crippen LogP contribution in [0.5, 0.6) is 5.75 Å². The number of anilines is 1. The molecule has 10 nitrogen and oxygen atoms in total. The third-order valence-corrected chi connectivity index (χ3v) is 10.7. The molecular weight excluding hydrogens is 767 g/mol. The lowest BCUT2D eigenvalue weighted by atomic mass is 10.1. The zero-order valence-electron chi connectivity index (χ0n) is 28.0. The van der Waals surface area contributed by atoms with Crippen molar-refractivity contribution in [1.29, 1.82) is 0 Å². The van der Waals surface area contributed by atoms with Gasteiger partial charge in [0, 0.05) is 15.6 Å². The summed E-state index contributed by atoms with van der Waals surface area (Å²) in [6, 6.07) is 15.4. The van der Waals surface area contributed by atoms with E-state index in [0.29, 0.717) is 23.0 Å². The van der Waals surface area contributed by atoms with Gasteiger partial charge < -0.3 is 10.1 Å². The molecule has 2 amide bonds. The van der Waals surface area contributed by atoms with E-state index in [-0.39, 0.29) is 38.6 Å². The number of unbranched alkanes of at least 4 members (excludes halogenated alkanes) is 9. The normalized spacial score (nSPS) is 12.1. The molecule has 14 heteroatoms. The van der Waals surface area contributed by atoms with E-state index in [4.69, 9.17) is 27.9 Å². The van der Waals surface area contributed by atoms with Crippen molar-refractivity contribution in [2.24, 2.45) is 0 Å². The van der Waals surface area contributed by atoms with Crippen LogP contribution in [0.4, 0.5) is 5.69 Å². The monoisotopic (exact) mass is 806 g/mol. The van der Waals surface area contributed by atoms with E-state index >= 15 is 0 Å². The average molecular weight is 809 g/mol. The van der Waals surface area contributed by atoms with Gasteiger partial charge >= 0.3 is 0 Å². The number of rotatable bonds is 18. The predicted molar refractivity (Wildman–Crippen MR) is 204 cm³/mol. The lowest BCUT2D eigenvalue weighted by Gasteiger charge is -2.19. The number of carbonyl (C=O) groups is 2. The molecule has 0 bridgehead atoms. The quantitative estimate of drug-likeness (QED) is 0.0758. The molecule has 0 radical (unpaired) electrons. The molecular formula is C36H41BrCl2N4O6S. The number of benzene rings is 3. The Bertz CT molecular complexity index is 1970. The minimum Gasteiger partial charge on any atom is -0.495 e. The van der Waals surface area contributed by atoms with Crippen molar-refractivity contribution in [2.75, 3.05) is 18.2 Å². The van der Waals surface area contributed by atoms with Gasteiger partial charge in [0.25, 0.3) is 11.5 Å². The number of methoxy groups -OCH3 is 1. The summed E-state index contributed by atoms with van der Waals surface area (Å²) in [6.45, 7) is 2.19. The number of nitrogens with zero attached hydrogens (tertiary/aromatic N) is 2. The Morgan fingerprint density at radius 2 is 1.52 bits per heavy atom. The van der Waals surface area contributed by atoms with Gasteiger partial charge in [-0.2, -0.15) is 0 Å². The fourth-order valence-corrected chi connectivity index (χ4v) is 7.55. The Hall–Kier alpha value is -3.45. The van der Waals surface area contributed by atoms with E-state index in [9.17, 15) is 22.8 Å². The maximum absolute atomic E-state index is 13.7. The van der Waals surface area contributed by atoms with Gasteiger partial charge in [0.1, 0.15) is 11.6 Å². The maximum Gasteiger partial charge on any atom is 0.266 e. The van der Waals surface area contributed by atoms with Crippen molar-refractivity contribution in [1.82, 2.24) is 14.3 Å². The second-order valence-electron chi connectivity index (χ2n) is 12.0. The SMILES string of the molecule is CCCCCCCCCCCCS(=O)(=O)NC(=O)c1ccc(OC)c(NC(=O)C(Br)c2nc3ccccc3c(=O)n2-c2cc(Cl)cc(Cl)c2)c1. The number of fused-ring (bicyclic) bond motifs is 1. The molecule has 50 heavy (non-hydrogen) atoms. The summed E-state index contributed by atoms with van der Waals surface area (Å²) in [5.41, 5.74) is 0.310. The van der Waals surface area contributed by atoms with Crippen LogP contribution >= 0.6 is 39.1 Å². The summed E-state index contributed by atoms with van der Waals surface area (Å²) in [5, 5.41) is 3.58. The molecule has 0 saturated heterocycles. The molecule has 268 valence electrons. The second kappa shape index (κ2) is 18.7. The summed E-state index contributed by atoms with van der Waals surface area (Å²) in [7, 11) is -2.49. The molecule has 0 aliphatic carbocycles. The number of sulfonamides is 1. The first-order valence-corrected chi connectivity index (χ1v) is 19.9. The molecule has 3 aromatic carbocycles. The van der Waals surface area contributed by atoms with Crippen LogP contribution in [0.1, 0.15) is 92.1 Å². The zero-order valence-corrected chi connectivity index (χ0v) is 31.9. The van der Waals surface area contributed by atoms with Gasteiger partial charge in [0.05, 0.1) is 35.1 Å². The van der Waals surface area contributed by atoms with Crippen LogP contribution in [0, 0.1) is 0 Å². The van der Waals surface area contributed by atoms with E-state index in [1.807, 2.05) is 0 Å². The van der Waals surface area contributed by atoms with Crippen LogP contribution in [-0.2, 0) is 14.8 Å². The highest BCUT2D eigenvalue weighted by Crippen LogP contribution is 2.31. The lowest BCUT2D eigenvalue weighted by Crippen LogP contribution is -2.32. The van der Waals surface area contributed by atoms with Gasteiger partial charge in [-0.3, -0.25) is 19.0 Å². The highest BCUT2D eigenvalue weighted by atomic mass is 79.9. The first-order chi connectivity index (χ1) is 23.9. The molecule has 1 unspecified atom stereocenters. The van der Waals surface area contributed by atoms with Crippen LogP contribution in [0.25, 0.3) is 16.6 Å². The van der Waals surface area contributed by atoms with Crippen LogP contribution in [0.15, 0.2) is 65.5 Å². The van der Waals surface area contributed by atoms with Gasteiger partial charge in [-0.1, -0.05) is 116 Å². The van der Waals surface area contributed by atoms with Gasteiger partial charge in [-0.15, -0.1) is 0 Å². The molecule has 4 aromatic rings. The van der Waals surface area contributed by atoms with Crippen molar-refractivity contribution >= 4 is 77.6 Å². The largest absolute Gasteiger partial charge is 0.495 e. The fraction of sp³-hybridized carbons (Fsp3) is 0.389. The third-order valence-electron chi connectivity index (χ3n) is 8.10. The van der Waals surface area contributed by atoms with Gasteiger partial charge in [-0.25, -0.2) is 18.1 Å². The van der Waals surface area contributed by atoms with Crippen LogP contribution in [0.2, 0.25) is 10.0 Å². The summed E-state index contributed by atoms with van der Waals surface area (Å²) < 4.78 is 34.2. The Kier molecular flexibility index (Phi) is 14.7. The van der Waals surface area contributed by atoms with Crippen LogP contribution in [-0.4, -0.2) is 42.6 Å². The van der Waals surface area contributed by atoms with E-state index in [1.165, 1.54) is 80.2 Å². The van der Waals surface area contributed by atoms with Gasteiger partial charge in [0.2, 0.25) is 15.9 Å². The van der Waals surface area contributed by atoms with Crippen molar-refractivity contribution < 1.29 is 22.7 Å². The molecule has 0 aliphatic rings. The van der Waals surface area contributed by atoms with Crippen LogP contribution < -0.4 is 20.3 Å². The predicted octanol–water partition coefficient (Wildman–Crippen LogP) is 8.76. The van der Waals surface area contributed by atoms with E-state index in [0.717, 1.165) is 25.7 Å². The number of para-hydroxylation sites is 1. The van der Waals surface area contributed by atoms with Crippen molar-refractivity contribution in [2.45, 2.75) is 76.0 Å². The summed E-state index contributed by atoms with van der Waals surface area (Å²) >= 11 is 15.9. The number of aromatic nitrogens is 2. The number of hydrogen-bond acceptors (Lipinski definition) is 7. The van der Waals surface area contributed by atoms with Crippen LogP contribution in [0.3, 0.4) is 0 Å². The molecule has 1 heterocycles. The highest BCUT2D eigenvalue weighted by Gasteiger charge is 2.27. The molecule has 1 atom stereocenters.